The monoisotopic (exact) mass is 184 g/mol. The van der Waals surface area contributed by atoms with E-state index in [0.29, 0.717) is 13.2 Å². The van der Waals surface area contributed by atoms with Crippen LogP contribution in [0.5, 0.6) is 0 Å². The van der Waals surface area contributed by atoms with Crippen LogP contribution in [0.25, 0.3) is 0 Å². The quantitative estimate of drug-likeness (QED) is 0.484. The first-order valence-corrected chi connectivity index (χ1v) is 4.58. The second kappa shape index (κ2) is 3.92. The lowest BCUT2D eigenvalue weighted by Gasteiger charge is -2.18. The van der Waals surface area contributed by atoms with Gasteiger partial charge in [-0.05, 0) is 32.8 Å². The first-order valence-electron chi connectivity index (χ1n) is 4.58. The van der Waals surface area contributed by atoms with E-state index in [1.165, 1.54) is 0 Å². The molecule has 0 bridgehead atoms. The van der Waals surface area contributed by atoms with Gasteiger partial charge in [-0.1, -0.05) is 0 Å². The van der Waals surface area contributed by atoms with Gasteiger partial charge in [0.05, 0.1) is 18.8 Å². The Morgan fingerprint density at radius 3 is 2.85 bits per heavy atom. The summed E-state index contributed by atoms with van der Waals surface area (Å²) in [5.41, 5.74) is 0.721. The van der Waals surface area contributed by atoms with Crippen molar-refractivity contribution in [1.29, 1.82) is 0 Å². The SMILES string of the molecule is CCOC(=O)/C=C1/CCOC1(C)C. The number of ether oxygens (including phenoxy) is 2. The molecular weight excluding hydrogens is 168 g/mol. The van der Waals surface area contributed by atoms with E-state index in [1.807, 2.05) is 13.8 Å². The summed E-state index contributed by atoms with van der Waals surface area (Å²) in [5, 5.41) is 0. The third-order valence-corrected chi connectivity index (χ3v) is 2.19. The van der Waals surface area contributed by atoms with Crippen LogP contribution in [0.3, 0.4) is 0 Å². The fourth-order valence-corrected chi connectivity index (χ4v) is 1.38. The third-order valence-electron chi connectivity index (χ3n) is 2.19. The molecule has 1 fully saturated rings. The number of esters is 1. The first kappa shape index (κ1) is 10.3. The zero-order valence-electron chi connectivity index (χ0n) is 8.42. The highest BCUT2D eigenvalue weighted by Gasteiger charge is 2.30. The van der Waals surface area contributed by atoms with Crippen LogP contribution in [0, 0.1) is 0 Å². The molecule has 0 aliphatic carbocycles. The molecule has 0 saturated carbocycles. The molecule has 1 aliphatic heterocycles. The predicted octanol–water partition coefficient (Wildman–Crippen LogP) is 1.67. The van der Waals surface area contributed by atoms with Gasteiger partial charge in [-0.3, -0.25) is 0 Å². The van der Waals surface area contributed by atoms with Gasteiger partial charge in [0.25, 0.3) is 0 Å². The molecule has 1 aliphatic rings. The highest BCUT2D eigenvalue weighted by Crippen LogP contribution is 2.30. The summed E-state index contributed by atoms with van der Waals surface area (Å²) in [7, 11) is 0. The van der Waals surface area contributed by atoms with Crippen molar-refractivity contribution in [1.82, 2.24) is 0 Å². The van der Waals surface area contributed by atoms with Crippen molar-refractivity contribution in [2.45, 2.75) is 32.8 Å². The molecule has 0 unspecified atom stereocenters. The molecule has 0 amide bonds. The van der Waals surface area contributed by atoms with Crippen LogP contribution >= 0.6 is 0 Å². The summed E-state index contributed by atoms with van der Waals surface area (Å²) in [5.74, 6) is -0.268. The van der Waals surface area contributed by atoms with E-state index in [-0.39, 0.29) is 11.6 Å². The third kappa shape index (κ3) is 2.56. The summed E-state index contributed by atoms with van der Waals surface area (Å²) in [6.45, 7) is 6.84. The molecule has 0 aromatic rings. The van der Waals surface area contributed by atoms with E-state index in [2.05, 4.69) is 0 Å². The molecule has 3 heteroatoms. The second-order valence-corrected chi connectivity index (χ2v) is 3.53. The molecule has 0 aromatic carbocycles. The Balaban J connectivity index is 2.65. The minimum atomic E-state index is -0.299. The second-order valence-electron chi connectivity index (χ2n) is 3.53. The standard InChI is InChI=1S/C10H16O3/c1-4-12-9(11)7-8-5-6-13-10(8,2)3/h7H,4-6H2,1-3H3/b8-7-. The van der Waals surface area contributed by atoms with Crippen LogP contribution in [-0.4, -0.2) is 24.8 Å². The Labute approximate surface area is 78.7 Å². The van der Waals surface area contributed by atoms with Crippen molar-refractivity contribution in [2.24, 2.45) is 0 Å². The van der Waals surface area contributed by atoms with Crippen LogP contribution in [0.2, 0.25) is 0 Å². The van der Waals surface area contributed by atoms with Crippen LogP contribution in [0.4, 0.5) is 0 Å². The van der Waals surface area contributed by atoms with Crippen molar-refractivity contribution in [3.05, 3.63) is 11.6 Å². The minimum absolute atomic E-state index is 0.268. The molecule has 13 heavy (non-hydrogen) atoms. The molecule has 74 valence electrons. The Bertz CT molecular complexity index is 228. The van der Waals surface area contributed by atoms with Gasteiger partial charge in [0, 0.05) is 6.08 Å². The maximum atomic E-state index is 11.1. The summed E-state index contributed by atoms with van der Waals surface area (Å²) in [4.78, 5) is 11.1. The maximum absolute atomic E-state index is 11.1. The average Bonchev–Trinajstić information content (AvgIpc) is 2.31. The van der Waals surface area contributed by atoms with Crippen molar-refractivity contribution < 1.29 is 14.3 Å². The van der Waals surface area contributed by atoms with E-state index in [0.717, 1.165) is 12.0 Å². The van der Waals surface area contributed by atoms with E-state index in [1.54, 1.807) is 13.0 Å². The van der Waals surface area contributed by atoms with E-state index < -0.39 is 0 Å². The smallest absolute Gasteiger partial charge is 0.330 e. The van der Waals surface area contributed by atoms with Crippen LogP contribution < -0.4 is 0 Å². The highest BCUT2D eigenvalue weighted by molar-refractivity contribution is 5.83. The Kier molecular flexibility index (Phi) is 3.09. The molecule has 1 rings (SSSR count). The van der Waals surface area contributed by atoms with E-state index in [9.17, 15) is 4.79 Å². The maximum Gasteiger partial charge on any atom is 0.330 e. The summed E-state index contributed by atoms with van der Waals surface area (Å²) in [6.07, 6.45) is 2.38. The van der Waals surface area contributed by atoms with Crippen LogP contribution in [0.1, 0.15) is 27.2 Å². The molecule has 1 saturated heterocycles. The Morgan fingerprint density at radius 2 is 2.38 bits per heavy atom. The fraction of sp³-hybridized carbons (Fsp3) is 0.700. The minimum Gasteiger partial charge on any atom is -0.463 e. The molecule has 0 atom stereocenters. The van der Waals surface area contributed by atoms with Gasteiger partial charge < -0.3 is 9.47 Å². The zero-order chi connectivity index (χ0) is 9.90. The number of hydrogen-bond acceptors (Lipinski definition) is 3. The van der Waals surface area contributed by atoms with E-state index >= 15 is 0 Å². The van der Waals surface area contributed by atoms with Gasteiger partial charge in [-0.2, -0.15) is 0 Å². The number of carbonyl (C=O) groups excluding carboxylic acids is 1. The topological polar surface area (TPSA) is 35.5 Å². The lowest BCUT2D eigenvalue weighted by molar-refractivity contribution is -0.137. The molecule has 1 heterocycles. The normalized spacial score (nSPS) is 23.5. The fourth-order valence-electron chi connectivity index (χ4n) is 1.38. The van der Waals surface area contributed by atoms with Gasteiger partial charge >= 0.3 is 5.97 Å². The van der Waals surface area contributed by atoms with Gasteiger partial charge in [0.1, 0.15) is 0 Å². The molecule has 0 radical (unpaired) electrons. The molecule has 0 spiro atoms. The Hall–Kier alpha value is -0.830. The first-order chi connectivity index (χ1) is 6.06. The van der Waals surface area contributed by atoms with Gasteiger partial charge in [0.2, 0.25) is 0 Å². The summed E-state index contributed by atoms with van der Waals surface area (Å²) < 4.78 is 10.3. The number of carbonyl (C=O) groups is 1. The molecule has 0 aromatic heterocycles. The summed E-state index contributed by atoms with van der Waals surface area (Å²) in [6, 6.07) is 0. The lowest BCUT2D eigenvalue weighted by Crippen LogP contribution is -2.20. The Morgan fingerprint density at radius 1 is 1.69 bits per heavy atom. The molecule has 0 N–H and O–H groups in total. The zero-order valence-corrected chi connectivity index (χ0v) is 8.42. The molecular formula is C10H16O3. The van der Waals surface area contributed by atoms with E-state index in [4.69, 9.17) is 9.47 Å². The van der Waals surface area contributed by atoms with Crippen molar-refractivity contribution in [3.63, 3.8) is 0 Å². The average molecular weight is 184 g/mol. The lowest BCUT2D eigenvalue weighted by atomic mass is 9.98. The van der Waals surface area contributed by atoms with Crippen molar-refractivity contribution in [2.75, 3.05) is 13.2 Å². The van der Waals surface area contributed by atoms with Gasteiger partial charge in [-0.15, -0.1) is 0 Å². The largest absolute Gasteiger partial charge is 0.463 e. The molecule has 3 nitrogen and oxygen atoms in total. The predicted molar refractivity (Wildman–Crippen MR) is 49.4 cm³/mol. The van der Waals surface area contributed by atoms with Crippen molar-refractivity contribution >= 4 is 5.97 Å². The number of hydrogen-bond donors (Lipinski definition) is 0. The van der Waals surface area contributed by atoms with Crippen molar-refractivity contribution in [3.8, 4) is 0 Å². The summed E-state index contributed by atoms with van der Waals surface area (Å²) >= 11 is 0. The van der Waals surface area contributed by atoms with Gasteiger partial charge in [-0.25, -0.2) is 4.79 Å². The van der Waals surface area contributed by atoms with Gasteiger partial charge in [0.15, 0.2) is 0 Å². The van der Waals surface area contributed by atoms with Crippen LogP contribution in [0.15, 0.2) is 11.6 Å². The van der Waals surface area contributed by atoms with Crippen LogP contribution in [-0.2, 0) is 14.3 Å². The number of rotatable bonds is 2. The highest BCUT2D eigenvalue weighted by atomic mass is 16.5.